The van der Waals surface area contributed by atoms with E-state index in [1.165, 1.54) is 10.6 Å². The van der Waals surface area contributed by atoms with E-state index in [2.05, 4.69) is 9.97 Å². The highest BCUT2D eigenvalue weighted by Gasteiger charge is 2.37. The minimum absolute atomic E-state index is 0.197. The molecule has 0 aliphatic carbocycles. The molecule has 1 aliphatic rings. The third-order valence-corrected chi connectivity index (χ3v) is 5.00. The minimum Gasteiger partial charge on any atom is -0.444 e. The molecular formula is C20H26N6O4. The van der Waals surface area contributed by atoms with Crippen molar-refractivity contribution in [1.82, 2.24) is 19.4 Å². The van der Waals surface area contributed by atoms with E-state index in [4.69, 9.17) is 4.74 Å². The molecule has 1 fully saturated rings. The summed E-state index contributed by atoms with van der Waals surface area (Å²) in [5.41, 5.74) is 0.0208. The first kappa shape index (κ1) is 21.5. The molecule has 2 aromatic rings. The number of hydrogen-bond acceptors (Lipinski definition) is 8. The lowest BCUT2D eigenvalue weighted by Gasteiger charge is -2.45. The van der Waals surface area contributed by atoms with E-state index in [1.54, 1.807) is 43.7 Å². The van der Waals surface area contributed by atoms with Crippen LogP contribution in [0.25, 0.3) is 11.0 Å². The van der Waals surface area contributed by atoms with Gasteiger partial charge >= 0.3 is 11.8 Å². The molecule has 0 bridgehead atoms. The summed E-state index contributed by atoms with van der Waals surface area (Å²) in [6.45, 7) is 7.50. The first-order valence-corrected chi connectivity index (χ1v) is 9.70. The molecule has 0 radical (unpaired) electrons. The Morgan fingerprint density at radius 3 is 2.63 bits per heavy atom. The zero-order chi connectivity index (χ0) is 22.2. The van der Waals surface area contributed by atoms with Crippen molar-refractivity contribution >= 4 is 22.9 Å². The summed E-state index contributed by atoms with van der Waals surface area (Å²) in [5, 5.41) is 19.3. The van der Waals surface area contributed by atoms with E-state index in [0.717, 1.165) is 0 Å². The highest BCUT2D eigenvalue weighted by atomic mass is 16.6. The molecule has 2 aromatic heterocycles. The SMILES string of the molecule is C[C@@H]1CN(c2nc(=O)n(C)c3ccc(C#N)nc23)C(CO)CN1C(=O)OC(C)(C)C. The molecule has 1 amide bonds. The Morgan fingerprint density at radius 2 is 2.03 bits per heavy atom. The number of rotatable bonds is 2. The summed E-state index contributed by atoms with van der Waals surface area (Å²) >= 11 is 0. The molecule has 0 saturated carbocycles. The van der Waals surface area contributed by atoms with Gasteiger partial charge < -0.3 is 19.6 Å². The van der Waals surface area contributed by atoms with Gasteiger partial charge in [0.2, 0.25) is 0 Å². The maximum atomic E-state index is 12.6. The Balaban J connectivity index is 2.03. The topological polar surface area (TPSA) is 125 Å². The number of nitriles is 1. The molecule has 1 saturated heterocycles. The first-order valence-electron chi connectivity index (χ1n) is 9.70. The van der Waals surface area contributed by atoms with E-state index >= 15 is 0 Å². The van der Waals surface area contributed by atoms with Crippen molar-refractivity contribution in [2.75, 3.05) is 24.6 Å². The van der Waals surface area contributed by atoms with Crippen LogP contribution in [0, 0.1) is 11.3 Å². The highest BCUT2D eigenvalue weighted by Crippen LogP contribution is 2.27. The molecule has 30 heavy (non-hydrogen) atoms. The summed E-state index contributed by atoms with van der Waals surface area (Å²) in [7, 11) is 1.59. The zero-order valence-corrected chi connectivity index (χ0v) is 17.8. The van der Waals surface area contributed by atoms with Gasteiger partial charge in [0.05, 0.1) is 18.2 Å². The third-order valence-electron chi connectivity index (χ3n) is 5.00. The monoisotopic (exact) mass is 414 g/mol. The van der Waals surface area contributed by atoms with E-state index in [1.807, 2.05) is 13.0 Å². The maximum absolute atomic E-state index is 12.6. The average Bonchev–Trinajstić information content (AvgIpc) is 2.68. The number of carbonyl (C=O) groups excluding carboxylic acids is 1. The molecule has 3 heterocycles. The van der Waals surface area contributed by atoms with E-state index in [-0.39, 0.29) is 24.9 Å². The second-order valence-corrected chi connectivity index (χ2v) is 8.42. The summed E-state index contributed by atoms with van der Waals surface area (Å²) in [5.74, 6) is 0.292. The van der Waals surface area contributed by atoms with Gasteiger partial charge in [0.1, 0.15) is 22.9 Å². The lowest BCUT2D eigenvalue weighted by Crippen LogP contribution is -2.61. The molecule has 1 unspecified atom stereocenters. The number of aromatic nitrogens is 3. The fourth-order valence-electron chi connectivity index (χ4n) is 3.50. The Hall–Kier alpha value is -3.19. The molecule has 160 valence electrons. The standard InChI is InChI=1S/C20H26N6O4/c1-12-9-26(14(11-27)10-25(12)19(29)30-20(2,3)4)17-16-15(24(5)18(28)23-17)7-6-13(8-21)22-16/h6-7,12,14,27H,9-11H2,1-5H3/t12-,14?/m1/s1. The minimum atomic E-state index is -0.635. The predicted molar refractivity (Wildman–Crippen MR) is 110 cm³/mol. The second-order valence-electron chi connectivity index (χ2n) is 8.42. The fourth-order valence-corrected chi connectivity index (χ4v) is 3.50. The average molecular weight is 414 g/mol. The number of ether oxygens (including phenoxy) is 1. The number of nitrogens with zero attached hydrogens (tertiary/aromatic N) is 6. The lowest BCUT2D eigenvalue weighted by molar-refractivity contribution is 0.0103. The van der Waals surface area contributed by atoms with Crippen molar-refractivity contribution in [3.05, 3.63) is 28.3 Å². The number of aliphatic hydroxyl groups is 1. The van der Waals surface area contributed by atoms with Gasteiger partial charge in [0.15, 0.2) is 5.82 Å². The first-order chi connectivity index (χ1) is 14.1. The number of carbonyl (C=O) groups is 1. The predicted octanol–water partition coefficient (Wildman–Crippen LogP) is 1.01. The van der Waals surface area contributed by atoms with Gasteiger partial charge in [-0.15, -0.1) is 0 Å². The molecule has 0 aromatic carbocycles. The fraction of sp³-hybridized carbons (Fsp3) is 0.550. The smallest absolute Gasteiger partial charge is 0.410 e. The van der Waals surface area contributed by atoms with Crippen molar-refractivity contribution in [1.29, 1.82) is 5.26 Å². The van der Waals surface area contributed by atoms with Gasteiger partial charge in [0.25, 0.3) is 0 Å². The number of aliphatic hydroxyl groups excluding tert-OH is 1. The van der Waals surface area contributed by atoms with Crippen molar-refractivity contribution in [3.8, 4) is 6.07 Å². The Labute approximate surface area is 174 Å². The van der Waals surface area contributed by atoms with Gasteiger partial charge in [-0.1, -0.05) is 0 Å². The Kier molecular flexibility index (Phi) is 5.67. The summed E-state index contributed by atoms with van der Waals surface area (Å²) in [4.78, 5) is 36.9. The number of piperazine rings is 1. The molecule has 3 rings (SSSR count). The molecule has 10 heteroatoms. The maximum Gasteiger partial charge on any atom is 0.410 e. The highest BCUT2D eigenvalue weighted by molar-refractivity contribution is 5.86. The van der Waals surface area contributed by atoms with Gasteiger partial charge in [0, 0.05) is 26.2 Å². The second kappa shape index (κ2) is 7.91. The van der Waals surface area contributed by atoms with Gasteiger partial charge in [-0.3, -0.25) is 4.57 Å². The number of anilines is 1. The molecule has 10 nitrogen and oxygen atoms in total. The zero-order valence-electron chi connectivity index (χ0n) is 17.8. The van der Waals surface area contributed by atoms with Crippen LogP contribution >= 0.6 is 0 Å². The number of hydrogen-bond donors (Lipinski definition) is 1. The van der Waals surface area contributed by atoms with Crippen LogP contribution in [0.5, 0.6) is 0 Å². The third kappa shape index (κ3) is 4.07. The van der Waals surface area contributed by atoms with Gasteiger partial charge in [-0.05, 0) is 39.8 Å². The molecule has 2 atom stereocenters. The quantitative estimate of drug-likeness (QED) is 0.772. The Bertz CT molecular complexity index is 1070. The van der Waals surface area contributed by atoms with Crippen LogP contribution in [0.4, 0.5) is 10.6 Å². The summed E-state index contributed by atoms with van der Waals surface area (Å²) < 4.78 is 6.85. The van der Waals surface area contributed by atoms with Crippen molar-refractivity contribution < 1.29 is 14.6 Å². The number of pyridine rings is 1. The van der Waals surface area contributed by atoms with Crippen LogP contribution in [0.3, 0.4) is 0 Å². The van der Waals surface area contributed by atoms with Crippen molar-refractivity contribution in [3.63, 3.8) is 0 Å². The summed E-state index contributed by atoms with van der Waals surface area (Å²) in [6.07, 6.45) is -0.459. The number of aryl methyl sites for hydroxylation is 1. The van der Waals surface area contributed by atoms with Crippen LogP contribution in [-0.4, -0.2) is 68.0 Å². The Morgan fingerprint density at radius 1 is 1.33 bits per heavy atom. The number of fused-ring (bicyclic) bond motifs is 1. The van der Waals surface area contributed by atoms with Crippen LogP contribution in [0.2, 0.25) is 0 Å². The summed E-state index contributed by atoms with van der Waals surface area (Å²) in [6, 6.07) is 4.42. The molecule has 1 N–H and O–H groups in total. The largest absolute Gasteiger partial charge is 0.444 e. The molecular weight excluding hydrogens is 388 g/mol. The van der Waals surface area contributed by atoms with Crippen molar-refractivity contribution in [2.45, 2.75) is 45.4 Å². The van der Waals surface area contributed by atoms with Crippen LogP contribution in [-0.2, 0) is 11.8 Å². The van der Waals surface area contributed by atoms with Crippen LogP contribution < -0.4 is 10.6 Å². The number of amides is 1. The van der Waals surface area contributed by atoms with Gasteiger partial charge in [-0.2, -0.15) is 10.2 Å². The van der Waals surface area contributed by atoms with E-state index in [9.17, 15) is 20.0 Å². The van der Waals surface area contributed by atoms with Crippen LogP contribution in [0.15, 0.2) is 16.9 Å². The van der Waals surface area contributed by atoms with E-state index in [0.29, 0.717) is 23.4 Å². The van der Waals surface area contributed by atoms with E-state index < -0.39 is 23.4 Å². The van der Waals surface area contributed by atoms with Gasteiger partial charge in [-0.25, -0.2) is 14.6 Å². The lowest BCUT2D eigenvalue weighted by atomic mass is 10.1. The van der Waals surface area contributed by atoms with Crippen LogP contribution in [0.1, 0.15) is 33.4 Å². The molecule has 0 spiro atoms. The molecule has 1 aliphatic heterocycles. The normalized spacial score (nSPS) is 19.6. The van der Waals surface area contributed by atoms with Crippen molar-refractivity contribution in [2.24, 2.45) is 7.05 Å².